The van der Waals surface area contributed by atoms with Crippen LogP contribution in [0.2, 0.25) is 0 Å². The van der Waals surface area contributed by atoms with Crippen LogP contribution in [0.25, 0.3) is 0 Å². The molecule has 1 aliphatic rings. The Hall–Kier alpha value is -2.02. The zero-order valence-corrected chi connectivity index (χ0v) is 8.77. The van der Waals surface area contributed by atoms with E-state index in [1.807, 2.05) is 0 Å². The normalized spacial score (nSPS) is 15.1. The van der Waals surface area contributed by atoms with Crippen molar-refractivity contribution >= 4 is 11.6 Å². The van der Waals surface area contributed by atoms with Gasteiger partial charge in [-0.3, -0.25) is 14.9 Å². The number of rotatable bonds is 3. The van der Waals surface area contributed by atoms with E-state index in [1.54, 1.807) is 0 Å². The molecule has 17 heavy (non-hydrogen) atoms. The van der Waals surface area contributed by atoms with Gasteiger partial charge in [0.15, 0.2) is 0 Å². The predicted molar refractivity (Wildman–Crippen MR) is 57.2 cm³/mol. The average molecular weight is 239 g/mol. The monoisotopic (exact) mass is 239 g/mol. The van der Waals surface area contributed by atoms with Crippen molar-refractivity contribution in [1.29, 1.82) is 0 Å². The van der Waals surface area contributed by atoms with E-state index in [9.17, 15) is 19.3 Å². The van der Waals surface area contributed by atoms with Gasteiger partial charge < -0.3 is 10.6 Å². The van der Waals surface area contributed by atoms with Crippen LogP contribution in [0.1, 0.15) is 10.4 Å². The number of nitrogens with zero attached hydrogens (tertiary/aromatic N) is 1. The molecule has 1 amide bonds. The number of hydrogen-bond donors (Lipinski definition) is 2. The highest BCUT2D eigenvalue weighted by Crippen LogP contribution is 2.19. The van der Waals surface area contributed by atoms with Crippen LogP contribution in [0.5, 0.6) is 0 Å². The van der Waals surface area contributed by atoms with Crippen molar-refractivity contribution < 1.29 is 14.1 Å². The first kappa shape index (κ1) is 11.5. The minimum atomic E-state index is -0.767. The van der Waals surface area contributed by atoms with Crippen molar-refractivity contribution in [3.63, 3.8) is 0 Å². The number of amides is 1. The fourth-order valence-electron chi connectivity index (χ4n) is 1.50. The van der Waals surface area contributed by atoms with Gasteiger partial charge in [-0.1, -0.05) is 0 Å². The second-order valence-corrected chi connectivity index (χ2v) is 3.75. The second-order valence-electron chi connectivity index (χ2n) is 3.75. The first-order chi connectivity index (χ1) is 8.08. The summed E-state index contributed by atoms with van der Waals surface area (Å²) in [6.07, 6.45) is 0. The molecule has 0 atom stereocenters. The van der Waals surface area contributed by atoms with Crippen molar-refractivity contribution in [1.82, 2.24) is 10.6 Å². The smallest absolute Gasteiger partial charge is 0.285 e. The molecule has 1 aromatic rings. The number of nitrogens with one attached hydrogen (secondary N) is 2. The van der Waals surface area contributed by atoms with Crippen molar-refractivity contribution in [2.24, 2.45) is 0 Å². The summed E-state index contributed by atoms with van der Waals surface area (Å²) in [5.41, 5.74) is -0.641. The lowest BCUT2D eigenvalue weighted by Crippen LogP contribution is -2.56. The van der Waals surface area contributed by atoms with Crippen LogP contribution in [-0.4, -0.2) is 30.0 Å². The van der Waals surface area contributed by atoms with E-state index < -0.39 is 22.3 Å². The zero-order valence-electron chi connectivity index (χ0n) is 8.77. The molecule has 1 heterocycles. The maximum absolute atomic E-state index is 12.9. The molecule has 0 saturated carbocycles. The van der Waals surface area contributed by atoms with Gasteiger partial charge in [-0.15, -0.1) is 0 Å². The van der Waals surface area contributed by atoms with Gasteiger partial charge in [0.2, 0.25) is 0 Å². The van der Waals surface area contributed by atoms with Crippen LogP contribution in [0.3, 0.4) is 0 Å². The first-order valence-corrected chi connectivity index (χ1v) is 5.03. The van der Waals surface area contributed by atoms with Crippen LogP contribution < -0.4 is 10.6 Å². The molecule has 2 rings (SSSR count). The Bertz CT molecular complexity index is 474. The van der Waals surface area contributed by atoms with Gasteiger partial charge in [-0.25, -0.2) is 4.39 Å². The Kier molecular flexibility index (Phi) is 3.01. The molecule has 1 saturated heterocycles. The van der Waals surface area contributed by atoms with Crippen LogP contribution in [0.4, 0.5) is 10.1 Å². The summed E-state index contributed by atoms with van der Waals surface area (Å²) in [5.74, 6) is -1.29. The van der Waals surface area contributed by atoms with Crippen molar-refractivity contribution in [3.8, 4) is 0 Å². The zero-order chi connectivity index (χ0) is 12.4. The Morgan fingerprint density at radius 2 is 2.24 bits per heavy atom. The predicted octanol–water partition coefficient (Wildman–Crippen LogP) is 0.435. The average Bonchev–Trinajstić information content (AvgIpc) is 2.23. The van der Waals surface area contributed by atoms with Gasteiger partial charge in [-0.05, 0) is 12.1 Å². The number of carbonyl (C=O) groups excluding carboxylic acids is 1. The van der Waals surface area contributed by atoms with E-state index in [4.69, 9.17) is 0 Å². The molecule has 0 radical (unpaired) electrons. The van der Waals surface area contributed by atoms with E-state index in [1.165, 1.54) is 0 Å². The number of hydrogen-bond acceptors (Lipinski definition) is 4. The molecule has 0 spiro atoms. The number of benzene rings is 1. The summed E-state index contributed by atoms with van der Waals surface area (Å²) < 4.78 is 12.9. The number of carbonyl (C=O) groups is 1. The molecule has 0 aliphatic carbocycles. The minimum Gasteiger partial charge on any atom is -0.347 e. The Morgan fingerprint density at radius 1 is 1.53 bits per heavy atom. The van der Waals surface area contributed by atoms with Gasteiger partial charge in [0.05, 0.1) is 17.0 Å². The van der Waals surface area contributed by atoms with E-state index in [0.717, 1.165) is 18.2 Å². The molecule has 90 valence electrons. The summed E-state index contributed by atoms with van der Waals surface area (Å²) in [6, 6.07) is 2.87. The number of halogens is 1. The maximum atomic E-state index is 12.9. The fraction of sp³-hybridized carbons (Fsp3) is 0.300. The topological polar surface area (TPSA) is 84.3 Å². The van der Waals surface area contributed by atoms with Crippen LogP contribution in [-0.2, 0) is 0 Å². The van der Waals surface area contributed by atoms with Crippen LogP contribution in [0.15, 0.2) is 18.2 Å². The highest BCUT2D eigenvalue weighted by Gasteiger charge is 2.25. The quantitative estimate of drug-likeness (QED) is 0.592. The molecular formula is C10H10FN3O3. The highest BCUT2D eigenvalue weighted by molar-refractivity contribution is 5.98. The van der Waals surface area contributed by atoms with Gasteiger partial charge in [-0.2, -0.15) is 0 Å². The lowest BCUT2D eigenvalue weighted by atomic mass is 10.1. The Morgan fingerprint density at radius 3 is 2.76 bits per heavy atom. The molecule has 1 fully saturated rings. The number of nitro benzene ring substituents is 1. The van der Waals surface area contributed by atoms with E-state index >= 15 is 0 Å². The van der Waals surface area contributed by atoms with Crippen LogP contribution >= 0.6 is 0 Å². The lowest BCUT2D eigenvalue weighted by molar-refractivity contribution is -0.385. The van der Waals surface area contributed by atoms with Crippen molar-refractivity contribution in [2.45, 2.75) is 6.04 Å². The molecule has 0 aromatic heterocycles. The molecule has 7 heteroatoms. The molecule has 1 aromatic carbocycles. The van der Waals surface area contributed by atoms with Crippen molar-refractivity contribution in [3.05, 3.63) is 39.7 Å². The standard InChI is InChI=1S/C10H10FN3O3/c11-6-1-2-8(9(3-6)14(16)17)10(15)13-7-4-12-5-7/h1-3,7,12H,4-5H2,(H,13,15). The summed E-state index contributed by atoms with van der Waals surface area (Å²) in [5, 5.41) is 16.3. The third-order valence-corrected chi connectivity index (χ3v) is 2.52. The Labute approximate surface area is 96.0 Å². The summed E-state index contributed by atoms with van der Waals surface area (Å²) in [6.45, 7) is 1.28. The summed E-state index contributed by atoms with van der Waals surface area (Å²) in [7, 11) is 0. The molecule has 2 N–H and O–H groups in total. The number of nitro groups is 1. The Balaban J connectivity index is 2.23. The second kappa shape index (κ2) is 4.46. The first-order valence-electron chi connectivity index (χ1n) is 5.03. The summed E-state index contributed by atoms with van der Waals surface area (Å²) in [4.78, 5) is 21.6. The molecule has 1 aliphatic heterocycles. The SMILES string of the molecule is O=C(NC1CNC1)c1ccc(F)cc1[N+](=O)[O-]. The largest absolute Gasteiger partial charge is 0.347 e. The van der Waals surface area contributed by atoms with E-state index in [0.29, 0.717) is 13.1 Å². The molecule has 0 bridgehead atoms. The van der Waals surface area contributed by atoms with Gasteiger partial charge >= 0.3 is 0 Å². The van der Waals surface area contributed by atoms with Crippen LogP contribution in [0, 0.1) is 15.9 Å². The molecular weight excluding hydrogens is 229 g/mol. The van der Waals surface area contributed by atoms with Crippen molar-refractivity contribution in [2.75, 3.05) is 13.1 Å². The minimum absolute atomic E-state index is 0.0212. The van der Waals surface area contributed by atoms with Gasteiger partial charge in [0, 0.05) is 13.1 Å². The summed E-state index contributed by atoms with van der Waals surface area (Å²) >= 11 is 0. The maximum Gasteiger partial charge on any atom is 0.285 e. The van der Waals surface area contributed by atoms with E-state index in [2.05, 4.69) is 10.6 Å². The lowest BCUT2D eigenvalue weighted by Gasteiger charge is -2.27. The van der Waals surface area contributed by atoms with Gasteiger partial charge in [0.25, 0.3) is 11.6 Å². The van der Waals surface area contributed by atoms with E-state index in [-0.39, 0.29) is 11.6 Å². The fourth-order valence-corrected chi connectivity index (χ4v) is 1.50. The van der Waals surface area contributed by atoms with Gasteiger partial charge in [0.1, 0.15) is 11.4 Å². The molecule has 6 nitrogen and oxygen atoms in total. The third-order valence-electron chi connectivity index (χ3n) is 2.52. The molecule has 0 unspecified atom stereocenters. The highest BCUT2D eigenvalue weighted by atomic mass is 19.1. The third kappa shape index (κ3) is 2.39.